The molecule has 2 aromatic rings. The van der Waals surface area contributed by atoms with Gasteiger partial charge in [0.2, 0.25) is 5.89 Å². The minimum absolute atomic E-state index is 0.627. The molecule has 0 aliphatic carbocycles. The average molecular weight is 399 g/mol. The first kappa shape index (κ1) is 20.4. The number of piperidine rings is 1. The molecule has 0 N–H and O–H groups in total. The van der Waals surface area contributed by atoms with Crippen molar-refractivity contribution < 1.29 is 9.26 Å². The second kappa shape index (κ2) is 10.2. The van der Waals surface area contributed by atoms with Crippen molar-refractivity contribution in [2.45, 2.75) is 64.5 Å². The largest absolute Gasteiger partial charge is 0.492 e. The Morgan fingerprint density at radius 3 is 2.76 bits per heavy atom. The van der Waals surface area contributed by atoms with Gasteiger partial charge in [0.05, 0.1) is 6.54 Å². The lowest BCUT2D eigenvalue weighted by Crippen LogP contribution is -2.40. The molecule has 2 aliphatic heterocycles. The number of aromatic nitrogens is 2. The third kappa shape index (κ3) is 6.03. The Morgan fingerprint density at radius 1 is 1.03 bits per heavy atom. The second-order valence-corrected chi connectivity index (χ2v) is 8.43. The Kier molecular flexibility index (Phi) is 7.17. The number of ether oxygens (including phenoxy) is 1. The monoisotopic (exact) mass is 398 g/mol. The minimum Gasteiger partial charge on any atom is -0.492 e. The smallest absolute Gasteiger partial charge is 0.223 e. The number of benzene rings is 1. The van der Waals surface area contributed by atoms with E-state index in [2.05, 4.69) is 44.2 Å². The molecule has 1 fully saturated rings. The first-order valence-electron chi connectivity index (χ1n) is 11.2. The molecular formula is C23H34N4O2. The highest BCUT2D eigenvalue weighted by molar-refractivity contribution is 5.28. The van der Waals surface area contributed by atoms with Gasteiger partial charge >= 0.3 is 0 Å². The van der Waals surface area contributed by atoms with Gasteiger partial charge in [-0.25, -0.2) is 0 Å². The van der Waals surface area contributed by atoms with E-state index >= 15 is 0 Å². The molecule has 6 heteroatoms. The molecule has 4 rings (SSSR count). The fraction of sp³-hybridized carbons (Fsp3) is 0.652. The van der Waals surface area contributed by atoms with E-state index < -0.39 is 0 Å². The third-order valence-corrected chi connectivity index (χ3v) is 6.19. The van der Waals surface area contributed by atoms with E-state index in [1.54, 1.807) is 0 Å². The van der Waals surface area contributed by atoms with Gasteiger partial charge in [-0.2, -0.15) is 4.98 Å². The van der Waals surface area contributed by atoms with E-state index in [1.165, 1.54) is 57.2 Å². The van der Waals surface area contributed by atoms with Crippen LogP contribution in [0.4, 0.5) is 0 Å². The molecule has 2 bridgehead atoms. The van der Waals surface area contributed by atoms with E-state index in [1.807, 2.05) is 6.92 Å². The SMILES string of the molecule is Cc1nc(CN2CCCCN3CCCCC3CCc3cccc(c3)OCC2)no1. The van der Waals surface area contributed by atoms with Crippen molar-refractivity contribution >= 4 is 0 Å². The molecule has 0 amide bonds. The van der Waals surface area contributed by atoms with E-state index in [4.69, 9.17) is 9.26 Å². The molecule has 2 aliphatic rings. The number of nitrogens with zero attached hydrogens (tertiary/aromatic N) is 4. The van der Waals surface area contributed by atoms with Gasteiger partial charge in [-0.15, -0.1) is 0 Å². The molecule has 1 unspecified atom stereocenters. The number of hydrogen-bond donors (Lipinski definition) is 0. The maximum Gasteiger partial charge on any atom is 0.223 e. The quantitative estimate of drug-likeness (QED) is 0.766. The maximum absolute atomic E-state index is 6.09. The van der Waals surface area contributed by atoms with Crippen LogP contribution in [-0.2, 0) is 13.0 Å². The highest BCUT2D eigenvalue weighted by atomic mass is 16.5. The predicted molar refractivity (Wildman–Crippen MR) is 113 cm³/mol. The number of rotatable bonds is 2. The first-order chi connectivity index (χ1) is 14.3. The molecular weight excluding hydrogens is 364 g/mol. The van der Waals surface area contributed by atoms with Crippen LogP contribution in [0.2, 0.25) is 0 Å². The van der Waals surface area contributed by atoms with E-state index in [9.17, 15) is 0 Å². The summed E-state index contributed by atoms with van der Waals surface area (Å²) in [4.78, 5) is 9.52. The highest BCUT2D eigenvalue weighted by Gasteiger charge is 2.22. The van der Waals surface area contributed by atoms with Gasteiger partial charge in [-0.1, -0.05) is 23.7 Å². The summed E-state index contributed by atoms with van der Waals surface area (Å²) in [5, 5.41) is 4.08. The number of aryl methyl sites for hydroxylation is 2. The van der Waals surface area contributed by atoms with Crippen LogP contribution in [0.3, 0.4) is 0 Å². The Labute approximate surface area is 174 Å². The lowest BCUT2D eigenvalue weighted by molar-refractivity contribution is 0.134. The lowest BCUT2D eigenvalue weighted by Gasteiger charge is -2.36. The van der Waals surface area contributed by atoms with Crippen molar-refractivity contribution in [3.8, 4) is 5.75 Å². The Bertz CT molecular complexity index is 763. The molecule has 1 saturated heterocycles. The van der Waals surface area contributed by atoms with Crippen molar-refractivity contribution in [3.05, 3.63) is 41.5 Å². The van der Waals surface area contributed by atoms with E-state index in [-0.39, 0.29) is 0 Å². The van der Waals surface area contributed by atoms with Gasteiger partial charge in [0.1, 0.15) is 12.4 Å². The summed E-state index contributed by atoms with van der Waals surface area (Å²) in [6.45, 7) is 7.62. The first-order valence-corrected chi connectivity index (χ1v) is 11.2. The van der Waals surface area contributed by atoms with Gasteiger partial charge in [-0.05, 0) is 75.9 Å². The summed E-state index contributed by atoms with van der Waals surface area (Å²) in [5.41, 5.74) is 1.39. The van der Waals surface area contributed by atoms with Crippen LogP contribution in [0.1, 0.15) is 55.8 Å². The zero-order valence-electron chi connectivity index (χ0n) is 17.7. The fourth-order valence-electron chi connectivity index (χ4n) is 4.62. The Hall–Kier alpha value is -1.92. The van der Waals surface area contributed by atoms with Gasteiger partial charge in [0.25, 0.3) is 0 Å². The molecule has 0 saturated carbocycles. The molecule has 158 valence electrons. The van der Waals surface area contributed by atoms with Gasteiger partial charge in [0.15, 0.2) is 5.82 Å². The van der Waals surface area contributed by atoms with Crippen LogP contribution in [0.15, 0.2) is 28.8 Å². The fourth-order valence-corrected chi connectivity index (χ4v) is 4.62. The van der Waals surface area contributed by atoms with Crippen molar-refractivity contribution in [1.29, 1.82) is 0 Å². The molecule has 0 radical (unpaired) electrons. The number of fused-ring (bicyclic) bond motifs is 3. The molecule has 3 heterocycles. The lowest BCUT2D eigenvalue weighted by atomic mass is 9.95. The summed E-state index contributed by atoms with van der Waals surface area (Å²) >= 11 is 0. The second-order valence-electron chi connectivity index (χ2n) is 8.43. The van der Waals surface area contributed by atoms with Crippen molar-refractivity contribution in [2.75, 3.05) is 32.8 Å². The van der Waals surface area contributed by atoms with Crippen molar-refractivity contribution in [2.24, 2.45) is 0 Å². The molecule has 29 heavy (non-hydrogen) atoms. The molecule has 1 aromatic heterocycles. The van der Waals surface area contributed by atoms with Crippen molar-refractivity contribution in [1.82, 2.24) is 19.9 Å². The van der Waals surface area contributed by atoms with E-state index in [0.717, 1.165) is 37.1 Å². The Morgan fingerprint density at radius 2 is 1.90 bits per heavy atom. The molecule has 0 spiro atoms. The highest BCUT2D eigenvalue weighted by Crippen LogP contribution is 2.23. The van der Waals surface area contributed by atoms with Crippen LogP contribution >= 0.6 is 0 Å². The summed E-state index contributed by atoms with van der Waals surface area (Å²) in [6.07, 6.45) is 8.90. The standard InChI is InChI=1S/C23H34N4O2/c1-19-24-23(25-29-19)18-26-12-4-5-14-27-13-3-2-8-21(27)11-10-20-7-6-9-22(17-20)28-16-15-26/h6-7,9,17,21H,2-5,8,10-16,18H2,1H3. The van der Waals surface area contributed by atoms with Crippen LogP contribution in [0.5, 0.6) is 5.75 Å². The van der Waals surface area contributed by atoms with E-state index in [0.29, 0.717) is 19.0 Å². The molecule has 6 nitrogen and oxygen atoms in total. The third-order valence-electron chi connectivity index (χ3n) is 6.19. The summed E-state index contributed by atoms with van der Waals surface area (Å²) in [6, 6.07) is 9.39. The molecule has 1 aromatic carbocycles. The van der Waals surface area contributed by atoms with Crippen LogP contribution < -0.4 is 4.74 Å². The maximum atomic E-state index is 6.09. The summed E-state index contributed by atoms with van der Waals surface area (Å²) in [5.74, 6) is 2.37. The Balaban J connectivity index is 1.44. The van der Waals surface area contributed by atoms with Gasteiger partial charge < -0.3 is 14.2 Å². The predicted octanol–water partition coefficient (Wildman–Crippen LogP) is 3.84. The number of hydrogen-bond acceptors (Lipinski definition) is 6. The zero-order chi connectivity index (χ0) is 19.9. The van der Waals surface area contributed by atoms with Gasteiger partial charge in [0, 0.05) is 19.5 Å². The minimum atomic E-state index is 0.627. The topological polar surface area (TPSA) is 54.6 Å². The summed E-state index contributed by atoms with van der Waals surface area (Å²) < 4.78 is 11.2. The van der Waals surface area contributed by atoms with Crippen LogP contribution in [0, 0.1) is 6.92 Å². The van der Waals surface area contributed by atoms with Crippen molar-refractivity contribution in [3.63, 3.8) is 0 Å². The van der Waals surface area contributed by atoms with Crippen LogP contribution in [0.25, 0.3) is 0 Å². The normalized spacial score (nSPS) is 22.9. The average Bonchev–Trinajstić information content (AvgIpc) is 3.14. The molecule has 1 atom stereocenters. The van der Waals surface area contributed by atoms with Crippen LogP contribution in [-0.4, -0.2) is 58.8 Å². The van der Waals surface area contributed by atoms with Gasteiger partial charge in [-0.3, -0.25) is 4.90 Å². The summed E-state index contributed by atoms with van der Waals surface area (Å²) in [7, 11) is 0. The zero-order valence-corrected chi connectivity index (χ0v) is 17.7.